The summed E-state index contributed by atoms with van der Waals surface area (Å²) in [4.78, 5) is 0. The Kier molecular flexibility index (Phi) is 6.34. The molecule has 12 heavy (non-hydrogen) atoms. The van der Waals surface area contributed by atoms with Crippen molar-refractivity contribution in [2.45, 2.75) is 0 Å². The van der Waals surface area contributed by atoms with Crippen molar-refractivity contribution in [3.05, 3.63) is 59.8 Å². The van der Waals surface area contributed by atoms with Crippen molar-refractivity contribution < 1.29 is 0 Å². The van der Waals surface area contributed by atoms with E-state index < -0.39 is 0 Å². The van der Waals surface area contributed by atoms with Crippen molar-refractivity contribution in [2.75, 3.05) is 0 Å². The van der Waals surface area contributed by atoms with Crippen LogP contribution in [0.3, 0.4) is 0 Å². The van der Waals surface area contributed by atoms with Crippen LogP contribution in [0.4, 0.5) is 0 Å². The molecule has 0 fully saturated rings. The first kappa shape index (κ1) is 12.5. The average Bonchev–Trinajstić information content (AvgIpc) is 2.59. The molecule has 0 bridgehead atoms. The molecule has 54 valence electrons. The predicted octanol–water partition coefficient (Wildman–Crippen LogP) is 1.77. The third kappa shape index (κ3) is 2.79. The molecule has 2 aliphatic carbocycles. The zero-order chi connectivity index (χ0) is 6.81. The van der Waals surface area contributed by atoms with Crippen LogP contribution < -0.4 is 0 Å². The number of allylic oxidation sites excluding steroid dienone is 10. The number of rotatable bonds is 0. The third-order valence-electron chi connectivity index (χ3n) is 1.66. The Morgan fingerprint density at radius 2 is 0.750 bits per heavy atom. The van der Waals surface area contributed by atoms with Gasteiger partial charge in [0.1, 0.15) is 0 Å². The van der Waals surface area contributed by atoms with Gasteiger partial charge in [0.15, 0.2) is 0 Å². The molecule has 0 saturated carbocycles. The van der Waals surface area contributed by atoms with Crippen molar-refractivity contribution >= 4 is 54.6 Å². The molecule has 0 aromatic rings. The third-order valence-corrected chi connectivity index (χ3v) is 1.66. The minimum atomic E-state index is 0. The molecule has 0 nitrogen and oxygen atoms in total. The summed E-state index contributed by atoms with van der Waals surface area (Å²) in [7, 11) is 0. The SMILES string of the molecule is C1=CC(=C2C=CC=C2)C=C1.[Tl].[Tl]. The Hall–Kier alpha value is 0.544. The molecule has 2 heteroatoms. The van der Waals surface area contributed by atoms with Gasteiger partial charge in [0, 0.05) is 54.6 Å². The fraction of sp³-hybridized carbons (Fsp3) is 0. The predicted molar refractivity (Wildman–Crippen MR) is 55.1 cm³/mol. The van der Waals surface area contributed by atoms with Crippen LogP contribution in [0.15, 0.2) is 59.8 Å². The van der Waals surface area contributed by atoms with Gasteiger partial charge in [-0.3, -0.25) is 0 Å². The van der Waals surface area contributed by atoms with E-state index >= 15 is 0 Å². The van der Waals surface area contributed by atoms with E-state index in [0.717, 1.165) is 0 Å². The van der Waals surface area contributed by atoms with Gasteiger partial charge in [0.25, 0.3) is 0 Å². The van der Waals surface area contributed by atoms with Crippen molar-refractivity contribution in [3.8, 4) is 0 Å². The van der Waals surface area contributed by atoms with Crippen LogP contribution in [-0.2, 0) is 0 Å². The van der Waals surface area contributed by atoms with E-state index in [1.807, 2.05) is 0 Å². The molecule has 0 spiro atoms. The van der Waals surface area contributed by atoms with Crippen LogP contribution in [0.5, 0.6) is 0 Å². The molecule has 0 N–H and O–H groups in total. The molecular formula is C10H8Tl2. The van der Waals surface area contributed by atoms with Crippen molar-refractivity contribution in [1.29, 1.82) is 0 Å². The first-order valence-corrected chi connectivity index (χ1v) is 3.40. The molecule has 0 atom stereocenters. The first-order chi connectivity index (χ1) is 4.97. The first-order valence-electron chi connectivity index (χ1n) is 3.40. The van der Waals surface area contributed by atoms with E-state index in [2.05, 4.69) is 48.6 Å². The van der Waals surface area contributed by atoms with Crippen LogP contribution in [0.2, 0.25) is 0 Å². The molecule has 2 aliphatic rings. The minimum absolute atomic E-state index is 0. The molecular weight excluding hydrogens is 529 g/mol. The van der Waals surface area contributed by atoms with Crippen molar-refractivity contribution in [2.24, 2.45) is 0 Å². The molecule has 0 aromatic heterocycles. The van der Waals surface area contributed by atoms with E-state index in [9.17, 15) is 0 Å². The van der Waals surface area contributed by atoms with Gasteiger partial charge >= 0.3 is 0 Å². The summed E-state index contributed by atoms with van der Waals surface area (Å²) in [5.74, 6) is 0. The maximum Gasteiger partial charge on any atom is 0 e. The monoisotopic (exact) mass is 538 g/mol. The Labute approximate surface area is 113 Å². The summed E-state index contributed by atoms with van der Waals surface area (Å²) in [5, 5.41) is 0. The van der Waals surface area contributed by atoms with Gasteiger partial charge in [-0.15, -0.1) is 0 Å². The molecule has 0 aromatic carbocycles. The Morgan fingerprint density at radius 3 is 1.00 bits per heavy atom. The smallest absolute Gasteiger partial charge is 0 e. The second-order valence-electron chi connectivity index (χ2n) is 2.35. The van der Waals surface area contributed by atoms with E-state index in [1.54, 1.807) is 0 Å². The van der Waals surface area contributed by atoms with E-state index in [1.165, 1.54) is 11.1 Å². The van der Waals surface area contributed by atoms with Gasteiger partial charge in [-0.25, -0.2) is 0 Å². The van der Waals surface area contributed by atoms with Crippen LogP contribution in [0.25, 0.3) is 0 Å². The molecule has 0 heterocycles. The van der Waals surface area contributed by atoms with Gasteiger partial charge in [0.2, 0.25) is 0 Å². The summed E-state index contributed by atoms with van der Waals surface area (Å²) in [6.45, 7) is 0. The largest absolute Gasteiger partial charge is 0.0616 e. The summed E-state index contributed by atoms with van der Waals surface area (Å²) < 4.78 is 0. The topological polar surface area (TPSA) is 0 Å². The summed E-state index contributed by atoms with van der Waals surface area (Å²) in [6, 6.07) is 0. The molecule has 0 amide bonds. The molecule has 0 saturated heterocycles. The molecule has 2 radical (unpaired) electrons. The van der Waals surface area contributed by atoms with E-state index in [0.29, 0.717) is 0 Å². The number of hydrogen-bond acceptors (Lipinski definition) is 0. The van der Waals surface area contributed by atoms with Crippen LogP contribution in [-0.4, -0.2) is 54.6 Å². The van der Waals surface area contributed by atoms with Gasteiger partial charge < -0.3 is 0 Å². The minimum Gasteiger partial charge on any atom is -0.0616 e. The maximum atomic E-state index is 2.12. The van der Waals surface area contributed by atoms with Crippen molar-refractivity contribution in [3.63, 3.8) is 0 Å². The van der Waals surface area contributed by atoms with Crippen molar-refractivity contribution in [1.82, 2.24) is 0 Å². The van der Waals surface area contributed by atoms with Crippen LogP contribution in [0.1, 0.15) is 0 Å². The Bertz CT molecular complexity index is 233. The van der Waals surface area contributed by atoms with Gasteiger partial charge in [-0.05, 0) is 11.1 Å². The zero-order valence-corrected chi connectivity index (χ0v) is 15.8. The fourth-order valence-electron chi connectivity index (χ4n) is 1.13. The summed E-state index contributed by atoms with van der Waals surface area (Å²) in [5.41, 5.74) is 2.62. The Morgan fingerprint density at radius 1 is 0.500 bits per heavy atom. The normalized spacial score (nSPS) is 16.7. The zero-order valence-electron chi connectivity index (χ0n) is 6.77. The second kappa shape index (κ2) is 6.07. The van der Waals surface area contributed by atoms with Crippen LogP contribution in [0, 0.1) is 0 Å². The quantitative estimate of drug-likeness (QED) is 0.414. The maximum absolute atomic E-state index is 2.12. The summed E-state index contributed by atoms with van der Waals surface area (Å²) >= 11 is 0. The van der Waals surface area contributed by atoms with Gasteiger partial charge in [-0.2, -0.15) is 0 Å². The van der Waals surface area contributed by atoms with Gasteiger partial charge in [0.05, 0.1) is 0 Å². The summed E-state index contributed by atoms with van der Waals surface area (Å²) in [6.07, 6.45) is 16.7. The fourth-order valence-corrected chi connectivity index (χ4v) is 1.13. The molecule has 0 unspecified atom stereocenters. The molecule has 0 aliphatic heterocycles. The Balaban J connectivity index is 0.000000605. The average molecular weight is 537 g/mol. The second-order valence-corrected chi connectivity index (χ2v) is 2.35. The van der Waals surface area contributed by atoms with E-state index in [4.69, 9.17) is 0 Å². The molecule has 2 rings (SSSR count). The van der Waals surface area contributed by atoms with Gasteiger partial charge in [-0.1, -0.05) is 48.6 Å². The standard InChI is InChI=1S/C10H8.2Tl/c1-2-6-9(5-1)10-7-3-4-8-10;;/h1-8H;;. The van der Waals surface area contributed by atoms with Crippen LogP contribution >= 0.6 is 0 Å². The number of hydrogen-bond donors (Lipinski definition) is 0. The van der Waals surface area contributed by atoms with E-state index in [-0.39, 0.29) is 54.6 Å².